The third-order valence-corrected chi connectivity index (χ3v) is 4.47. The lowest BCUT2D eigenvalue weighted by Gasteiger charge is -2.09. The lowest BCUT2D eigenvalue weighted by atomic mass is 10.1. The minimum atomic E-state index is 0.496. The highest BCUT2D eigenvalue weighted by atomic mass is 35.5. The van der Waals surface area contributed by atoms with Gasteiger partial charge < -0.3 is 4.74 Å². The standard InChI is InChI=1S/C23H22ClNO/c1-16-4-7-19(8-5-16)15-26-23-11-9-20(13-21(23)24)14-25-22-10-6-17(2)12-18(22)3/h4-14H,15H2,1-3H3. The lowest BCUT2D eigenvalue weighted by molar-refractivity contribution is 0.306. The SMILES string of the molecule is Cc1ccc(COc2ccc(C=Nc3ccc(C)cc3C)cc2Cl)cc1. The molecule has 0 bridgehead atoms. The highest BCUT2D eigenvalue weighted by Gasteiger charge is 2.04. The second kappa shape index (κ2) is 8.20. The first-order chi connectivity index (χ1) is 12.5. The molecule has 0 radical (unpaired) electrons. The Labute approximate surface area is 160 Å². The van der Waals surface area contributed by atoms with Crippen LogP contribution in [0.2, 0.25) is 5.02 Å². The predicted molar refractivity (Wildman–Crippen MR) is 110 cm³/mol. The topological polar surface area (TPSA) is 21.6 Å². The van der Waals surface area contributed by atoms with E-state index in [-0.39, 0.29) is 0 Å². The quantitative estimate of drug-likeness (QED) is 0.468. The third kappa shape index (κ3) is 4.74. The van der Waals surface area contributed by atoms with Gasteiger partial charge in [-0.1, -0.05) is 59.1 Å². The molecule has 0 saturated carbocycles. The van der Waals surface area contributed by atoms with Gasteiger partial charge in [0.15, 0.2) is 0 Å². The molecule has 0 aliphatic rings. The zero-order chi connectivity index (χ0) is 18.5. The van der Waals surface area contributed by atoms with Crippen molar-refractivity contribution in [3.63, 3.8) is 0 Å². The summed E-state index contributed by atoms with van der Waals surface area (Å²) >= 11 is 6.37. The molecule has 0 unspecified atom stereocenters. The molecule has 0 fully saturated rings. The Morgan fingerprint density at radius 1 is 0.885 bits per heavy atom. The molecule has 0 spiro atoms. The van der Waals surface area contributed by atoms with Gasteiger partial charge in [0.25, 0.3) is 0 Å². The fourth-order valence-electron chi connectivity index (χ4n) is 2.65. The third-order valence-electron chi connectivity index (χ3n) is 4.18. The zero-order valence-electron chi connectivity index (χ0n) is 15.3. The molecule has 132 valence electrons. The molecule has 2 nitrogen and oxygen atoms in total. The number of halogens is 1. The van der Waals surface area contributed by atoms with E-state index in [0.29, 0.717) is 17.4 Å². The van der Waals surface area contributed by atoms with Gasteiger partial charge in [-0.3, -0.25) is 4.99 Å². The minimum absolute atomic E-state index is 0.496. The Bertz CT molecular complexity index is 929. The van der Waals surface area contributed by atoms with Gasteiger partial charge in [-0.05, 0) is 61.7 Å². The molecule has 3 heteroatoms. The molecule has 0 aliphatic carbocycles. The van der Waals surface area contributed by atoms with E-state index in [1.807, 2.05) is 30.5 Å². The number of benzene rings is 3. The van der Waals surface area contributed by atoms with Crippen molar-refractivity contribution in [3.05, 3.63) is 93.5 Å². The molecule has 0 amide bonds. The van der Waals surface area contributed by atoms with Crippen LogP contribution >= 0.6 is 11.6 Å². The van der Waals surface area contributed by atoms with Crippen LogP contribution in [-0.4, -0.2) is 6.21 Å². The Morgan fingerprint density at radius 2 is 1.62 bits per heavy atom. The smallest absolute Gasteiger partial charge is 0.138 e. The van der Waals surface area contributed by atoms with Crippen molar-refractivity contribution in [2.45, 2.75) is 27.4 Å². The number of rotatable bonds is 5. The maximum absolute atomic E-state index is 6.37. The van der Waals surface area contributed by atoms with E-state index in [1.165, 1.54) is 11.1 Å². The van der Waals surface area contributed by atoms with E-state index in [1.54, 1.807) is 0 Å². The molecule has 0 heterocycles. The fraction of sp³-hybridized carbons (Fsp3) is 0.174. The molecule has 0 aliphatic heterocycles. The van der Waals surface area contributed by atoms with Crippen molar-refractivity contribution in [1.29, 1.82) is 0 Å². The Balaban J connectivity index is 1.68. The van der Waals surface area contributed by atoms with Crippen LogP contribution in [0.3, 0.4) is 0 Å². The highest BCUT2D eigenvalue weighted by Crippen LogP contribution is 2.26. The van der Waals surface area contributed by atoms with Crippen molar-refractivity contribution in [2.75, 3.05) is 0 Å². The molecule has 0 saturated heterocycles. The van der Waals surface area contributed by atoms with Gasteiger partial charge in [-0.2, -0.15) is 0 Å². The average molecular weight is 364 g/mol. The molecule has 26 heavy (non-hydrogen) atoms. The van der Waals surface area contributed by atoms with E-state index >= 15 is 0 Å². The maximum Gasteiger partial charge on any atom is 0.138 e. The molecule has 0 atom stereocenters. The van der Waals surface area contributed by atoms with Crippen LogP contribution in [0.15, 0.2) is 65.7 Å². The van der Waals surface area contributed by atoms with Crippen LogP contribution in [0.1, 0.15) is 27.8 Å². The van der Waals surface area contributed by atoms with Crippen LogP contribution in [0.4, 0.5) is 5.69 Å². The first-order valence-corrected chi connectivity index (χ1v) is 8.98. The van der Waals surface area contributed by atoms with E-state index in [4.69, 9.17) is 16.3 Å². The summed E-state index contributed by atoms with van der Waals surface area (Å²) in [6, 6.07) is 20.2. The van der Waals surface area contributed by atoms with Gasteiger partial charge in [0.1, 0.15) is 12.4 Å². The molecule has 3 aromatic carbocycles. The van der Waals surface area contributed by atoms with Gasteiger partial charge in [0.2, 0.25) is 0 Å². The van der Waals surface area contributed by atoms with Crippen molar-refractivity contribution in [2.24, 2.45) is 4.99 Å². The molecule has 3 rings (SSSR count). The van der Waals surface area contributed by atoms with E-state index in [2.05, 4.69) is 62.2 Å². The highest BCUT2D eigenvalue weighted by molar-refractivity contribution is 6.32. The van der Waals surface area contributed by atoms with Crippen molar-refractivity contribution >= 4 is 23.5 Å². The Hall–Kier alpha value is -2.58. The zero-order valence-corrected chi connectivity index (χ0v) is 16.0. The summed E-state index contributed by atoms with van der Waals surface area (Å²) in [4.78, 5) is 4.57. The van der Waals surface area contributed by atoms with Gasteiger partial charge in [-0.25, -0.2) is 0 Å². The number of nitrogens with zero attached hydrogens (tertiary/aromatic N) is 1. The molecule has 0 aromatic heterocycles. The summed E-state index contributed by atoms with van der Waals surface area (Å²) in [5, 5.41) is 0.585. The normalized spacial score (nSPS) is 11.1. The summed E-state index contributed by atoms with van der Waals surface area (Å²) < 4.78 is 5.84. The first kappa shape index (κ1) is 18.2. The van der Waals surface area contributed by atoms with Crippen LogP contribution in [-0.2, 0) is 6.61 Å². The maximum atomic E-state index is 6.37. The second-order valence-electron chi connectivity index (χ2n) is 6.51. The summed E-state index contributed by atoms with van der Waals surface area (Å²) in [5.74, 6) is 0.677. The molecule has 0 N–H and O–H groups in total. The number of aryl methyl sites for hydroxylation is 3. The Kier molecular flexibility index (Phi) is 5.75. The molecular formula is C23H22ClNO. The van der Waals surface area contributed by atoms with Gasteiger partial charge in [-0.15, -0.1) is 0 Å². The van der Waals surface area contributed by atoms with Crippen LogP contribution < -0.4 is 4.74 Å². The van der Waals surface area contributed by atoms with Crippen molar-refractivity contribution < 1.29 is 4.74 Å². The first-order valence-electron chi connectivity index (χ1n) is 8.60. The average Bonchev–Trinajstić information content (AvgIpc) is 2.61. The molecular weight excluding hydrogens is 342 g/mol. The second-order valence-corrected chi connectivity index (χ2v) is 6.92. The summed E-state index contributed by atoms with van der Waals surface area (Å²) in [6.07, 6.45) is 1.83. The van der Waals surface area contributed by atoms with Gasteiger partial charge >= 0.3 is 0 Å². The predicted octanol–water partition coefficient (Wildman–Crippen LogP) is 6.59. The summed E-state index contributed by atoms with van der Waals surface area (Å²) in [7, 11) is 0. The summed E-state index contributed by atoms with van der Waals surface area (Å²) in [6.45, 7) is 6.71. The van der Waals surface area contributed by atoms with Gasteiger partial charge in [0.05, 0.1) is 10.7 Å². The van der Waals surface area contributed by atoms with Crippen LogP contribution in [0.5, 0.6) is 5.75 Å². The monoisotopic (exact) mass is 363 g/mol. The fourth-order valence-corrected chi connectivity index (χ4v) is 2.90. The number of aliphatic imine (C=N–C) groups is 1. The van der Waals surface area contributed by atoms with Crippen LogP contribution in [0, 0.1) is 20.8 Å². The Morgan fingerprint density at radius 3 is 2.31 bits per heavy atom. The van der Waals surface area contributed by atoms with E-state index in [0.717, 1.165) is 22.4 Å². The molecule has 3 aromatic rings. The number of ether oxygens (including phenoxy) is 1. The van der Waals surface area contributed by atoms with E-state index in [9.17, 15) is 0 Å². The number of hydrogen-bond donors (Lipinski definition) is 0. The van der Waals surface area contributed by atoms with Crippen molar-refractivity contribution in [3.8, 4) is 5.75 Å². The number of hydrogen-bond acceptors (Lipinski definition) is 2. The van der Waals surface area contributed by atoms with Crippen molar-refractivity contribution in [1.82, 2.24) is 0 Å². The van der Waals surface area contributed by atoms with E-state index < -0.39 is 0 Å². The largest absolute Gasteiger partial charge is 0.487 e. The minimum Gasteiger partial charge on any atom is -0.487 e. The van der Waals surface area contributed by atoms with Crippen LogP contribution in [0.25, 0.3) is 0 Å². The van der Waals surface area contributed by atoms with Gasteiger partial charge in [0, 0.05) is 6.21 Å². The lowest BCUT2D eigenvalue weighted by Crippen LogP contribution is -1.96. The summed E-state index contributed by atoms with van der Waals surface area (Å²) in [5.41, 5.74) is 6.65.